The van der Waals surface area contributed by atoms with Crippen molar-refractivity contribution in [2.24, 2.45) is 5.92 Å². The maximum absolute atomic E-state index is 14.0. The summed E-state index contributed by atoms with van der Waals surface area (Å²) in [5, 5.41) is 0. The largest absolute Gasteiger partial charge is 0.338 e. The Hall–Kier alpha value is -2.96. The van der Waals surface area contributed by atoms with Crippen LogP contribution in [0.2, 0.25) is 0 Å². The van der Waals surface area contributed by atoms with Crippen LogP contribution in [0.3, 0.4) is 0 Å². The molecule has 1 saturated carbocycles. The molecule has 0 heterocycles. The summed E-state index contributed by atoms with van der Waals surface area (Å²) in [6, 6.07) is 25.6. The van der Waals surface area contributed by atoms with E-state index in [1.807, 2.05) is 23.1 Å². The van der Waals surface area contributed by atoms with Crippen molar-refractivity contribution in [2.45, 2.75) is 75.4 Å². The van der Waals surface area contributed by atoms with E-state index in [1.54, 1.807) is 28.6 Å². The van der Waals surface area contributed by atoms with Crippen LogP contribution in [0.5, 0.6) is 0 Å². The second kappa shape index (κ2) is 11.8. The fourth-order valence-electron chi connectivity index (χ4n) is 6.22. The van der Waals surface area contributed by atoms with Gasteiger partial charge in [-0.05, 0) is 86.6 Å². The summed E-state index contributed by atoms with van der Waals surface area (Å²) in [7, 11) is -3.65. The Morgan fingerprint density at radius 1 is 0.842 bits per heavy atom. The minimum absolute atomic E-state index is 0.143. The molecule has 1 amide bonds. The monoisotopic (exact) mass is 530 g/mol. The maximum Gasteiger partial charge on any atom is 0.243 e. The van der Waals surface area contributed by atoms with Crippen molar-refractivity contribution in [1.82, 2.24) is 9.21 Å². The van der Waals surface area contributed by atoms with Gasteiger partial charge in [-0.25, -0.2) is 8.42 Å². The minimum atomic E-state index is -3.65. The fraction of sp³-hybridized carbons (Fsp3) is 0.406. The fourth-order valence-corrected chi connectivity index (χ4v) is 7.95. The SMILES string of the molecule is Cc1ccc(CN(C=O)C2CCC(CN([C@H]3CCCc4ccccc43)S(=O)(=O)c3ccccc3)CC2)cc1. The zero-order valence-corrected chi connectivity index (χ0v) is 23.0. The summed E-state index contributed by atoms with van der Waals surface area (Å²) in [6.45, 7) is 3.20. The van der Waals surface area contributed by atoms with E-state index >= 15 is 0 Å². The average molecular weight is 531 g/mol. The van der Waals surface area contributed by atoms with Gasteiger partial charge >= 0.3 is 0 Å². The molecule has 1 fully saturated rings. The highest BCUT2D eigenvalue weighted by atomic mass is 32.2. The number of benzene rings is 3. The lowest BCUT2D eigenvalue weighted by Crippen LogP contribution is -2.42. The smallest absolute Gasteiger partial charge is 0.243 e. The van der Waals surface area contributed by atoms with Crippen molar-refractivity contribution in [3.05, 3.63) is 101 Å². The Morgan fingerprint density at radius 2 is 1.53 bits per heavy atom. The van der Waals surface area contributed by atoms with E-state index in [0.717, 1.165) is 62.5 Å². The van der Waals surface area contributed by atoms with E-state index in [0.29, 0.717) is 18.0 Å². The summed E-state index contributed by atoms with van der Waals surface area (Å²) >= 11 is 0. The molecule has 3 aromatic carbocycles. The zero-order valence-electron chi connectivity index (χ0n) is 22.2. The van der Waals surface area contributed by atoms with Crippen molar-refractivity contribution >= 4 is 16.4 Å². The number of carbonyl (C=O) groups excluding carboxylic acids is 1. The van der Waals surface area contributed by atoms with Crippen LogP contribution in [-0.4, -0.2) is 36.6 Å². The number of amides is 1. The molecule has 1 atom stereocenters. The molecule has 6 heteroatoms. The summed E-state index contributed by atoms with van der Waals surface area (Å²) in [6.07, 6.45) is 7.44. The second-order valence-electron chi connectivity index (χ2n) is 10.9. The van der Waals surface area contributed by atoms with Gasteiger partial charge in [0.1, 0.15) is 0 Å². The molecule has 2 aliphatic carbocycles. The van der Waals surface area contributed by atoms with Gasteiger partial charge in [-0.2, -0.15) is 4.31 Å². The molecule has 38 heavy (non-hydrogen) atoms. The number of aryl methyl sites for hydroxylation is 2. The lowest BCUT2D eigenvalue weighted by Gasteiger charge is -2.40. The Morgan fingerprint density at radius 3 is 2.24 bits per heavy atom. The van der Waals surface area contributed by atoms with Crippen LogP contribution in [0.25, 0.3) is 0 Å². The third-order valence-electron chi connectivity index (χ3n) is 8.38. The molecular formula is C32H38N2O3S. The van der Waals surface area contributed by atoms with E-state index in [4.69, 9.17) is 0 Å². The lowest BCUT2D eigenvalue weighted by atomic mass is 9.84. The quantitative estimate of drug-likeness (QED) is 0.306. The van der Waals surface area contributed by atoms with Gasteiger partial charge < -0.3 is 4.90 Å². The van der Waals surface area contributed by atoms with Gasteiger partial charge in [0.2, 0.25) is 16.4 Å². The maximum atomic E-state index is 14.0. The Bertz CT molecular complexity index is 1320. The van der Waals surface area contributed by atoms with Crippen LogP contribution in [0.4, 0.5) is 0 Å². The molecule has 0 aliphatic heterocycles. The molecule has 200 valence electrons. The summed E-state index contributed by atoms with van der Waals surface area (Å²) in [5.41, 5.74) is 4.76. The minimum Gasteiger partial charge on any atom is -0.338 e. The molecule has 5 rings (SSSR count). The first kappa shape index (κ1) is 26.6. The van der Waals surface area contributed by atoms with E-state index in [-0.39, 0.29) is 18.0 Å². The highest BCUT2D eigenvalue weighted by Crippen LogP contribution is 2.39. The molecule has 3 aromatic rings. The molecule has 0 saturated heterocycles. The van der Waals surface area contributed by atoms with Gasteiger partial charge in [-0.15, -0.1) is 0 Å². The summed E-state index contributed by atoms with van der Waals surface area (Å²) < 4.78 is 29.9. The van der Waals surface area contributed by atoms with Crippen molar-refractivity contribution < 1.29 is 13.2 Å². The number of nitrogens with zero attached hydrogens (tertiary/aromatic N) is 2. The number of rotatable bonds is 9. The Balaban J connectivity index is 1.33. The third kappa shape index (κ3) is 5.87. The van der Waals surface area contributed by atoms with Crippen molar-refractivity contribution in [3.8, 4) is 0 Å². The predicted octanol–water partition coefficient (Wildman–Crippen LogP) is 6.28. The van der Waals surface area contributed by atoms with Gasteiger partial charge in [-0.1, -0.05) is 72.3 Å². The van der Waals surface area contributed by atoms with Gasteiger partial charge in [0.15, 0.2) is 0 Å². The number of fused-ring (bicyclic) bond motifs is 1. The average Bonchev–Trinajstić information content (AvgIpc) is 2.96. The molecule has 0 radical (unpaired) electrons. The van der Waals surface area contributed by atoms with Crippen LogP contribution in [-0.2, 0) is 27.8 Å². The van der Waals surface area contributed by atoms with Gasteiger partial charge in [0, 0.05) is 19.1 Å². The Kier molecular flexibility index (Phi) is 8.29. The van der Waals surface area contributed by atoms with E-state index in [9.17, 15) is 13.2 Å². The van der Waals surface area contributed by atoms with E-state index in [2.05, 4.69) is 43.3 Å². The number of carbonyl (C=O) groups is 1. The van der Waals surface area contributed by atoms with Crippen LogP contribution >= 0.6 is 0 Å². The van der Waals surface area contributed by atoms with Gasteiger partial charge in [0.25, 0.3) is 0 Å². The number of hydrogen-bond acceptors (Lipinski definition) is 3. The van der Waals surface area contributed by atoms with Crippen molar-refractivity contribution in [2.75, 3.05) is 6.54 Å². The molecule has 0 N–H and O–H groups in total. The molecule has 2 aliphatic rings. The van der Waals surface area contributed by atoms with Crippen LogP contribution in [0, 0.1) is 12.8 Å². The highest BCUT2D eigenvalue weighted by Gasteiger charge is 2.37. The summed E-state index contributed by atoms with van der Waals surface area (Å²) in [4.78, 5) is 14.3. The molecule has 5 nitrogen and oxygen atoms in total. The number of hydrogen-bond donors (Lipinski definition) is 0. The van der Waals surface area contributed by atoms with E-state index < -0.39 is 10.0 Å². The Labute approximate surface area is 227 Å². The van der Waals surface area contributed by atoms with E-state index in [1.165, 1.54) is 11.1 Å². The highest BCUT2D eigenvalue weighted by molar-refractivity contribution is 7.89. The molecule has 0 aromatic heterocycles. The molecule has 0 spiro atoms. The first-order valence-corrected chi connectivity index (χ1v) is 15.3. The normalized spacial score (nSPS) is 21.6. The first-order valence-electron chi connectivity index (χ1n) is 13.9. The van der Waals surface area contributed by atoms with Gasteiger partial charge in [0.05, 0.1) is 10.9 Å². The predicted molar refractivity (Wildman–Crippen MR) is 151 cm³/mol. The van der Waals surface area contributed by atoms with Crippen molar-refractivity contribution in [1.29, 1.82) is 0 Å². The van der Waals surface area contributed by atoms with Crippen LogP contribution < -0.4 is 0 Å². The third-order valence-corrected chi connectivity index (χ3v) is 10.3. The zero-order chi connectivity index (χ0) is 26.5. The van der Waals surface area contributed by atoms with Crippen LogP contribution in [0.15, 0.2) is 83.8 Å². The standard InChI is InChI=1S/C32H38N2O3S/c1-25-14-16-26(17-15-25)22-33(24-35)29-20-18-27(19-21-29)23-34(38(36,37)30-10-3-2-4-11-30)32-13-7-9-28-8-5-6-12-31(28)32/h2-6,8,10-12,14-17,24,27,29,32H,7,9,13,18-23H2,1H3/t27?,29?,32-/m0/s1. The number of sulfonamides is 1. The lowest BCUT2D eigenvalue weighted by molar-refractivity contribution is -0.121. The topological polar surface area (TPSA) is 57.7 Å². The molecule has 0 unspecified atom stereocenters. The van der Waals surface area contributed by atoms with Gasteiger partial charge in [-0.3, -0.25) is 4.79 Å². The first-order chi connectivity index (χ1) is 18.5. The molecular weight excluding hydrogens is 492 g/mol. The summed E-state index contributed by atoms with van der Waals surface area (Å²) in [5.74, 6) is 0.270. The van der Waals surface area contributed by atoms with Crippen LogP contribution in [0.1, 0.15) is 66.8 Å². The second-order valence-corrected chi connectivity index (χ2v) is 12.8. The molecule has 0 bridgehead atoms. The van der Waals surface area contributed by atoms with Crippen molar-refractivity contribution in [3.63, 3.8) is 0 Å².